The van der Waals surface area contributed by atoms with Crippen LogP contribution in [-0.4, -0.2) is 35.3 Å². The number of hydrogen-bond acceptors (Lipinski definition) is 8. The third-order valence-electron chi connectivity index (χ3n) is 5.47. The van der Waals surface area contributed by atoms with E-state index in [9.17, 15) is 19.2 Å². The lowest BCUT2D eigenvalue weighted by molar-refractivity contribution is -0.120. The maximum atomic E-state index is 13.3. The highest BCUT2D eigenvalue weighted by Gasteiger charge is 2.40. The molecule has 0 fully saturated rings. The normalized spacial score (nSPS) is 13.2. The number of anilines is 3. The molecule has 1 aliphatic heterocycles. The van der Waals surface area contributed by atoms with Crippen LogP contribution in [0.15, 0.2) is 59.3 Å². The standard InChI is InChI=1S/C26H23ClN4O5S/c1-4-12-36-25(35)18-10-5-6-11-19(18)31-23(33)20(27)21(24(31)34)29-17-9-7-8-16(13-17)22(32)30-26-28-14(2)15(3)37-26/h5-11,13,29H,4,12H2,1-3H3,(H,28,30,32). The summed E-state index contributed by atoms with van der Waals surface area (Å²) < 4.78 is 5.19. The van der Waals surface area contributed by atoms with Crippen molar-refractivity contribution in [3.63, 3.8) is 0 Å². The van der Waals surface area contributed by atoms with Crippen molar-refractivity contribution in [3.05, 3.63) is 81.0 Å². The molecule has 0 unspecified atom stereocenters. The number of halogens is 1. The number of ether oxygens (including phenoxy) is 1. The first-order valence-corrected chi connectivity index (χ1v) is 12.6. The molecule has 11 heteroatoms. The number of carbonyl (C=O) groups is 4. The van der Waals surface area contributed by atoms with Crippen molar-refractivity contribution in [2.75, 3.05) is 22.1 Å². The lowest BCUT2D eigenvalue weighted by Crippen LogP contribution is -2.33. The van der Waals surface area contributed by atoms with Crippen LogP contribution in [0.2, 0.25) is 0 Å². The van der Waals surface area contributed by atoms with Gasteiger partial charge in [-0.1, -0.05) is 36.7 Å². The van der Waals surface area contributed by atoms with Crippen molar-refractivity contribution in [2.45, 2.75) is 27.2 Å². The molecule has 0 bridgehead atoms. The third kappa shape index (κ3) is 5.40. The Hall–Kier alpha value is -4.02. The second-order valence-electron chi connectivity index (χ2n) is 8.11. The number of nitrogens with one attached hydrogen (secondary N) is 2. The number of aromatic nitrogens is 1. The summed E-state index contributed by atoms with van der Waals surface area (Å²) in [6.07, 6.45) is 0.622. The molecular weight excluding hydrogens is 516 g/mol. The molecular formula is C26H23ClN4O5S. The summed E-state index contributed by atoms with van der Waals surface area (Å²) >= 11 is 7.63. The molecule has 37 heavy (non-hydrogen) atoms. The molecule has 1 aliphatic rings. The fourth-order valence-electron chi connectivity index (χ4n) is 3.52. The lowest BCUT2D eigenvalue weighted by atomic mass is 10.1. The summed E-state index contributed by atoms with van der Waals surface area (Å²) in [5, 5.41) is 5.74. The fraction of sp³-hybridized carbons (Fsp3) is 0.192. The third-order valence-corrected chi connectivity index (χ3v) is 6.81. The van der Waals surface area contributed by atoms with Crippen LogP contribution in [0.25, 0.3) is 0 Å². The molecule has 0 atom stereocenters. The minimum absolute atomic E-state index is 0.0645. The largest absolute Gasteiger partial charge is 0.462 e. The van der Waals surface area contributed by atoms with Crippen LogP contribution < -0.4 is 15.5 Å². The van der Waals surface area contributed by atoms with Gasteiger partial charge in [0.05, 0.1) is 23.6 Å². The molecule has 0 saturated carbocycles. The van der Waals surface area contributed by atoms with Crippen LogP contribution in [0.1, 0.15) is 44.6 Å². The summed E-state index contributed by atoms with van der Waals surface area (Å²) in [7, 11) is 0. The second kappa shape index (κ2) is 10.9. The van der Waals surface area contributed by atoms with Crippen molar-refractivity contribution in [1.29, 1.82) is 0 Å². The SMILES string of the molecule is CCCOC(=O)c1ccccc1N1C(=O)C(Cl)=C(Nc2cccc(C(=O)Nc3nc(C)c(C)s3)c2)C1=O. The van der Waals surface area contributed by atoms with Gasteiger partial charge in [0.15, 0.2) is 5.13 Å². The molecule has 2 heterocycles. The Kier molecular flexibility index (Phi) is 7.70. The van der Waals surface area contributed by atoms with Gasteiger partial charge in [0.25, 0.3) is 17.7 Å². The molecule has 0 radical (unpaired) electrons. The van der Waals surface area contributed by atoms with E-state index in [0.29, 0.717) is 22.8 Å². The molecule has 0 spiro atoms. The number of benzene rings is 2. The Morgan fingerprint density at radius 1 is 1.08 bits per heavy atom. The molecule has 1 aromatic heterocycles. The molecule has 2 N–H and O–H groups in total. The maximum Gasteiger partial charge on any atom is 0.340 e. The van der Waals surface area contributed by atoms with E-state index in [1.165, 1.54) is 29.5 Å². The van der Waals surface area contributed by atoms with Crippen LogP contribution in [0.4, 0.5) is 16.5 Å². The smallest absolute Gasteiger partial charge is 0.340 e. The number of imide groups is 1. The Bertz CT molecular complexity index is 1430. The molecule has 0 saturated heterocycles. The minimum atomic E-state index is -0.784. The molecule has 3 amide bonds. The van der Waals surface area contributed by atoms with Crippen molar-refractivity contribution < 1.29 is 23.9 Å². The first-order valence-electron chi connectivity index (χ1n) is 11.4. The monoisotopic (exact) mass is 538 g/mol. The van der Waals surface area contributed by atoms with E-state index >= 15 is 0 Å². The lowest BCUT2D eigenvalue weighted by Gasteiger charge is -2.18. The van der Waals surface area contributed by atoms with E-state index in [-0.39, 0.29) is 34.5 Å². The second-order valence-corrected chi connectivity index (χ2v) is 9.69. The minimum Gasteiger partial charge on any atom is -0.462 e. The molecule has 4 rings (SSSR count). The zero-order chi connectivity index (χ0) is 26.7. The maximum absolute atomic E-state index is 13.3. The number of esters is 1. The quantitative estimate of drug-likeness (QED) is 0.305. The summed E-state index contributed by atoms with van der Waals surface area (Å²) in [5.41, 5.74) is 1.47. The van der Waals surface area contributed by atoms with Crippen LogP contribution in [0.3, 0.4) is 0 Å². The van der Waals surface area contributed by atoms with Crippen LogP contribution in [0.5, 0.6) is 0 Å². The highest BCUT2D eigenvalue weighted by molar-refractivity contribution is 7.15. The van der Waals surface area contributed by atoms with Gasteiger partial charge in [0.2, 0.25) is 0 Å². The number of hydrogen-bond donors (Lipinski definition) is 2. The predicted molar refractivity (Wildman–Crippen MR) is 142 cm³/mol. The van der Waals surface area contributed by atoms with Gasteiger partial charge in [-0.15, -0.1) is 11.3 Å². The van der Waals surface area contributed by atoms with Crippen LogP contribution in [-0.2, 0) is 14.3 Å². The van der Waals surface area contributed by atoms with E-state index in [2.05, 4.69) is 15.6 Å². The number of thiazole rings is 1. The molecule has 0 aliphatic carbocycles. The molecule has 3 aromatic rings. The molecule has 2 aromatic carbocycles. The van der Waals surface area contributed by atoms with Gasteiger partial charge >= 0.3 is 5.97 Å². The topological polar surface area (TPSA) is 118 Å². The average molecular weight is 539 g/mol. The molecule has 190 valence electrons. The number of carbonyl (C=O) groups excluding carboxylic acids is 4. The Morgan fingerprint density at radius 2 is 1.84 bits per heavy atom. The summed E-state index contributed by atoms with van der Waals surface area (Å²) in [6, 6.07) is 12.5. The number of rotatable bonds is 8. The number of nitrogens with zero attached hydrogens (tertiary/aromatic N) is 2. The van der Waals surface area contributed by atoms with E-state index in [4.69, 9.17) is 16.3 Å². The fourth-order valence-corrected chi connectivity index (χ4v) is 4.54. The Balaban J connectivity index is 1.55. The van der Waals surface area contributed by atoms with Crippen LogP contribution >= 0.6 is 22.9 Å². The summed E-state index contributed by atoms with van der Waals surface area (Å²) in [6.45, 7) is 5.83. The number of amides is 3. The summed E-state index contributed by atoms with van der Waals surface area (Å²) in [4.78, 5) is 57.6. The van der Waals surface area contributed by atoms with Gasteiger partial charge in [0.1, 0.15) is 10.7 Å². The van der Waals surface area contributed by atoms with Gasteiger partial charge in [-0.3, -0.25) is 19.7 Å². The predicted octanol–water partition coefficient (Wildman–Crippen LogP) is 5.01. The Labute approximate surface area is 222 Å². The van der Waals surface area contributed by atoms with Crippen molar-refractivity contribution in [2.24, 2.45) is 0 Å². The van der Waals surface area contributed by atoms with Crippen molar-refractivity contribution >= 4 is 63.1 Å². The summed E-state index contributed by atoms with van der Waals surface area (Å²) in [5.74, 6) is -2.56. The zero-order valence-corrected chi connectivity index (χ0v) is 21.8. The van der Waals surface area contributed by atoms with Gasteiger partial charge in [0, 0.05) is 16.1 Å². The average Bonchev–Trinajstić information content (AvgIpc) is 3.31. The highest BCUT2D eigenvalue weighted by Crippen LogP contribution is 2.32. The Morgan fingerprint density at radius 3 is 2.54 bits per heavy atom. The highest BCUT2D eigenvalue weighted by atomic mass is 35.5. The number of para-hydroxylation sites is 1. The van der Waals surface area contributed by atoms with Crippen molar-refractivity contribution in [1.82, 2.24) is 4.98 Å². The van der Waals surface area contributed by atoms with Crippen molar-refractivity contribution in [3.8, 4) is 0 Å². The van der Waals surface area contributed by atoms with Gasteiger partial charge < -0.3 is 10.1 Å². The van der Waals surface area contributed by atoms with E-state index in [1.54, 1.807) is 30.3 Å². The van der Waals surface area contributed by atoms with E-state index < -0.39 is 17.8 Å². The van der Waals surface area contributed by atoms with E-state index in [1.807, 2.05) is 20.8 Å². The molecule has 9 nitrogen and oxygen atoms in total. The van der Waals surface area contributed by atoms with Gasteiger partial charge in [-0.25, -0.2) is 14.7 Å². The van der Waals surface area contributed by atoms with Crippen LogP contribution in [0, 0.1) is 13.8 Å². The first-order chi connectivity index (χ1) is 17.7. The zero-order valence-electron chi connectivity index (χ0n) is 20.3. The van der Waals surface area contributed by atoms with E-state index in [0.717, 1.165) is 15.5 Å². The first kappa shape index (κ1) is 26.1. The number of aryl methyl sites for hydroxylation is 2. The van der Waals surface area contributed by atoms with Gasteiger partial charge in [-0.2, -0.15) is 0 Å². The van der Waals surface area contributed by atoms with Gasteiger partial charge in [-0.05, 0) is 50.6 Å².